The molecule has 0 spiro atoms. The molecule has 3 heterocycles. The van der Waals surface area contributed by atoms with Gasteiger partial charge < -0.3 is 0 Å². The highest BCUT2D eigenvalue weighted by molar-refractivity contribution is 7.71. The molecule has 2 aliphatic heterocycles. The van der Waals surface area contributed by atoms with Crippen LogP contribution in [-0.2, 0) is 0 Å². The minimum absolute atomic E-state index is 0.465. The van der Waals surface area contributed by atoms with Gasteiger partial charge in [0.2, 0.25) is 0 Å². The summed E-state index contributed by atoms with van der Waals surface area (Å²) in [6, 6.07) is 11.5. The summed E-state index contributed by atoms with van der Waals surface area (Å²) in [6.07, 6.45) is 5.14. The van der Waals surface area contributed by atoms with E-state index in [1.54, 1.807) is 0 Å². The Morgan fingerprint density at radius 2 is 1.90 bits per heavy atom. The lowest BCUT2D eigenvalue weighted by Gasteiger charge is -2.33. The Hall–Kier alpha value is -1.46. The second-order valence-electron chi connectivity index (χ2n) is 6.04. The van der Waals surface area contributed by atoms with E-state index in [0.29, 0.717) is 12.1 Å². The highest BCUT2D eigenvalue weighted by Gasteiger charge is 2.37. The zero-order valence-corrected chi connectivity index (χ0v) is 12.9. The lowest BCUT2D eigenvalue weighted by atomic mass is 9.98. The average molecular weight is 300 g/mol. The van der Waals surface area contributed by atoms with Crippen molar-refractivity contribution in [1.82, 2.24) is 19.7 Å². The molecule has 0 bridgehead atoms. The third-order valence-electron chi connectivity index (χ3n) is 4.89. The van der Waals surface area contributed by atoms with Crippen LogP contribution in [0.15, 0.2) is 30.3 Å². The molecule has 5 heteroatoms. The third kappa shape index (κ3) is 2.24. The molecule has 2 fully saturated rings. The van der Waals surface area contributed by atoms with E-state index in [-0.39, 0.29) is 0 Å². The van der Waals surface area contributed by atoms with Crippen molar-refractivity contribution in [3.8, 4) is 11.4 Å². The van der Waals surface area contributed by atoms with E-state index in [0.717, 1.165) is 16.2 Å². The average Bonchev–Trinajstić information content (AvgIpc) is 3.11. The Kier molecular flexibility index (Phi) is 3.39. The van der Waals surface area contributed by atoms with E-state index < -0.39 is 0 Å². The number of rotatable bonds is 2. The molecule has 4 rings (SSSR count). The molecule has 2 aromatic rings. The van der Waals surface area contributed by atoms with Crippen molar-refractivity contribution in [1.29, 1.82) is 0 Å². The Labute approximate surface area is 129 Å². The van der Waals surface area contributed by atoms with Crippen molar-refractivity contribution in [2.45, 2.75) is 37.8 Å². The number of piperidine rings is 1. The van der Waals surface area contributed by atoms with Gasteiger partial charge in [-0.2, -0.15) is 5.10 Å². The molecular weight excluding hydrogens is 280 g/mol. The number of fused-ring (bicyclic) bond motifs is 1. The summed E-state index contributed by atoms with van der Waals surface area (Å²) in [5.74, 6) is 0.984. The van der Waals surface area contributed by atoms with Crippen LogP contribution in [0, 0.1) is 4.77 Å². The van der Waals surface area contributed by atoms with Gasteiger partial charge in [-0.15, -0.1) is 0 Å². The van der Waals surface area contributed by atoms with Gasteiger partial charge in [-0.05, 0) is 38.0 Å². The van der Waals surface area contributed by atoms with E-state index in [1.165, 1.54) is 38.8 Å². The molecule has 1 N–H and O–H groups in total. The van der Waals surface area contributed by atoms with E-state index in [4.69, 9.17) is 12.2 Å². The van der Waals surface area contributed by atoms with Crippen molar-refractivity contribution >= 4 is 12.2 Å². The molecule has 0 amide bonds. The van der Waals surface area contributed by atoms with Gasteiger partial charge in [0.05, 0.1) is 6.04 Å². The summed E-state index contributed by atoms with van der Waals surface area (Å²) in [6.45, 7) is 2.43. The summed E-state index contributed by atoms with van der Waals surface area (Å²) in [7, 11) is 0. The van der Waals surface area contributed by atoms with E-state index in [1.807, 2.05) is 6.07 Å². The first-order valence-corrected chi connectivity index (χ1v) is 8.22. The van der Waals surface area contributed by atoms with Crippen LogP contribution in [0.5, 0.6) is 0 Å². The zero-order valence-electron chi connectivity index (χ0n) is 12.0. The normalized spacial score (nSPS) is 25.9. The molecular formula is C16H20N4S. The summed E-state index contributed by atoms with van der Waals surface area (Å²) in [4.78, 5) is 2.64. The van der Waals surface area contributed by atoms with Gasteiger partial charge in [-0.1, -0.05) is 36.8 Å². The topological polar surface area (TPSA) is 36.9 Å². The van der Waals surface area contributed by atoms with Crippen molar-refractivity contribution in [2.75, 3.05) is 13.1 Å². The lowest BCUT2D eigenvalue weighted by molar-refractivity contribution is 0.173. The summed E-state index contributed by atoms with van der Waals surface area (Å²) < 4.78 is 3.02. The Balaban J connectivity index is 1.76. The van der Waals surface area contributed by atoms with Crippen LogP contribution < -0.4 is 0 Å². The monoisotopic (exact) mass is 300 g/mol. The highest BCUT2D eigenvalue weighted by atomic mass is 32.1. The van der Waals surface area contributed by atoms with E-state index in [2.05, 4.69) is 43.9 Å². The van der Waals surface area contributed by atoms with Crippen LogP contribution in [0.2, 0.25) is 0 Å². The first kappa shape index (κ1) is 13.2. The second kappa shape index (κ2) is 5.39. The minimum Gasteiger partial charge on any atom is -0.298 e. The maximum Gasteiger partial charge on any atom is 0.195 e. The zero-order chi connectivity index (χ0) is 14.2. The molecule has 21 heavy (non-hydrogen) atoms. The fourth-order valence-electron chi connectivity index (χ4n) is 3.93. The molecule has 1 aromatic carbocycles. The van der Waals surface area contributed by atoms with Crippen molar-refractivity contribution in [3.05, 3.63) is 35.1 Å². The molecule has 2 atom stereocenters. The van der Waals surface area contributed by atoms with Gasteiger partial charge in [0.1, 0.15) is 0 Å². The number of H-pyrrole nitrogens is 1. The van der Waals surface area contributed by atoms with E-state index in [9.17, 15) is 0 Å². The minimum atomic E-state index is 0.465. The molecule has 0 aliphatic carbocycles. The summed E-state index contributed by atoms with van der Waals surface area (Å²) in [5.41, 5.74) is 1.14. The van der Waals surface area contributed by atoms with Gasteiger partial charge in [0.25, 0.3) is 0 Å². The molecule has 1 aromatic heterocycles. The molecule has 2 unspecified atom stereocenters. The molecule has 2 saturated heterocycles. The SMILES string of the molecule is S=c1[nH]nc(-c2ccccc2)n1C1CCN2CCCCC12. The highest BCUT2D eigenvalue weighted by Crippen LogP contribution is 2.37. The number of nitrogens with one attached hydrogen (secondary N) is 1. The van der Waals surface area contributed by atoms with Crippen LogP contribution in [0.4, 0.5) is 0 Å². The number of hydrogen-bond donors (Lipinski definition) is 1. The summed E-state index contributed by atoms with van der Waals surface area (Å²) in [5, 5.41) is 7.50. The number of hydrogen-bond acceptors (Lipinski definition) is 3. The van der Waals surface area contributed by atoms with Gasteiger partial charge in [0.15, 0.2) is 10.6 Å². The molecule has 0 radical (unpaired) electrons. The van der Waals surface area contributed by atoms with Crippen LogP contribution in [0.1, 0.15) is 31.7 Å². The van der Waals surface area contributed by atoms with Gasteiger partial charge >= 0.3 is 0 Å². The molecule has 4 nitrogen and oxygen atoms in total. The van der Waals surface area contributed by atoms with Crippen molar-refractivity contribution in [2.24, 2.45) is 0 Å². The lowest BCUT2D eigenvalue weighted by Crippen LogP contribution is -2.37. The number of nitrogens with zero attached hydrogens (tertiary/aromatic N) is 3. The number of aromatic amines is 1. The largest absolute Gasteiger partial charge is 0.298 e. The Morgan fingerprint density at radius 3 is 2.76 bits per heavy atom. The second-order valence-corrected chi connectivity index (χ2v) is 6.43. The molecule has 0 saturated carbocycles. The first-order valence-electron chi connectivity index (χ1n) is 7.81. The molecule has 2 aliphatic rings. The maximum atomic E-state index is 5.53. The first-order chi connectivity index (χ1) is 10.3. The Morgan fingerprint density at radius 1 is 1.05 bits per heavy atom. The fourth-order valence-corrected chi connectivity index (χ4v) is 4.19. The summed E-state index contributed by atoms with van der Waals surface area (Å²) >= 11 is 5.53. The van der Waals surface area contributed by atoms with Crippen LogP contribution in [0.25, 0.3) is 11.4 Å². The quantitative estimate of drug-likeness (QED) is 0.864. The third-order valence-corrected chi connectivity index (χ3v) is 5.18. The smallest absolute Gasteiger partial charge is 0.195 e. The van der Waals surface area contributed by atoms with Gasteiger partial charge in [-0.3, -0.25) is 14.6 Å². The van der Waals surface area contributed by atoms with Crippen LogP contribution >= 0.6 is 12.2 Å². The van der Waals surface area contributed by atoms with Crippen molar-refractivity contribution in [3.63, 3.8) is 0 Å². The van der Waals surface area contributed by atoms with Gasteiger partial charge in [0, 0.05) is 18.2 Å². The van der Waals surface area contributed by atoms with Crippen LogP contribution in [-0.4, -0.2) is 38.8 Å². The molecule has 110 valence electrons. The predicted molar refractivity (Wildman–Crippen MR) is 85.7 cm³/mol. The van der Waals surface area contributed by atoms with Crippen LogP contribution in [0.3, 0.4) is 0 Å². The standard InChI is InChI=1S/C16H20N4S/c21-16-18-17-15(12-6-2-1-3-7-12)20(16)14-9-11-19-10-5-4-8-13(14)19/h1-3,6-7,13-14H,4-5,8-11H2,(H,18,21). The van der Waals surface area contributed by atoms with Crippen molar-refractivity contribution < 1.29 is 0 Å². The number of aromatic nitrogens is 3. The predicted octanol–water partition coefficient (Wildman–Crippen LogP) is 3.41. The number of benzene rings is 1. The maximum absolute atomic E-state index is 5.53. The van der Waals surface area contributed by atoms with E-state index >= 15 is 0 Å². The van der Waals surface area contributed by atoms with Gasteiger partial charge in [-0.25, -0.2) is 0 Å². The Bertz CT molecular complexity index is 675. The fraction of sp³-hybridized carbons (Fsp3) is 0.500.